The Hall–Kier alpha value is -2.14. The van der Waals surface area contributed by atoms with Gasteiger partial charge in [-0.25, -0.2) is 4.79 Å². The van der Waals surface area contributed by atoms with Crippen molar-refractivity contribution in [2.24, 2.45) is 0 Å². The quantitative estimate of drug-likeness (QED) is 0.870. The van der Waals surface area contributed by atoms with Gasteiger partial charge in [0.15, 0.2) is 5.82 Å². The van der Waals surface area contributed by atoms with Crippen molar-refractivity contribution in [3.05, 3.63) is 52.1 Å². The molecule has 0 radical (unpaired) electrons. The molecular formula is C13H11ClN2O3. The molecule has 1 aromatic carbocycles. The molecule has 0 saturated carbocycles. The number of aromatic nitrogens is 2. The fraction of sp³-hybridized carbons (Fsp3) is 0.154. The van der Waals surface area contributed by atoms with Crippen LogP contribution in [-0.4, -0.2) is 21.2 Å². The van der Waals surface area contributed by atoms with Crippen molar-refractivity contribution >= 4 is 23.6 Å². The largest absolute Gasteiger partial charge is 0.478 e. The molecule has 98 valence electrons. The smallest absolute Gasteiger partial charge is 0.328 e. The summed E-state index contributed by atoms with van der Waals surface area (Å²) in [6.45, 7) is 1.73. The number of nitrogens with zero attached hydrogens (tertiary/aromatic N) is 2. The Morgan fingerprint density at radius 3 is 2.95 bits per heavy atom. The lowest BCUT2D eigenvalue weighted by Gasteiger charge is -2.04. The minimum absolute atomic E-state index is 0.403. The molecule has 5 nitrogen and oxygen atoms in total. The normalized spacial score (nSPS) is 11.1. The average Bonchev–Trinajstić information content (AvgIpc) is 2.73. The van der Waals surface area contributed by atoms with Gasteiger partial charge in [-0.2, -0.15) is 4.98 Å². The summed E-state index contributed by atoms with van der Waals surface area (Å²) in [6.07, 6.45) is 2.99. The van der Waals surface area contributed by atoms with Gasteiger partial charge < -0.3 is 9.63 Å². The van der Waals surface area contributed by atoms with Crippen molar-refractivity contribution in [2.45, 2.75) is 13.3 Å². The van der Waals surface area contributed by atoms with Crippen LogP contribution in [0.2, 0.25) is 5.02 Å². The molecule has 1 aromatic heterocycles. The molecule has 2 rings (SSSR count). The van der Waals surface area contributed by atoms with Crippen LogP contribution in [0.3, 0.4) is 0 Å². The first-order valence-corrected chi connectivity index (χ1v) is 5.91. The Labute approximate surface area is 114 Å². The molecule has 0 aliphatic carbocycles. The highest BCUT2D eigenvalue weighted by Gasteiger charge is 2.08. The van der Waals surface area contributed by atoms with Crippen LogP contribution in [0.1, 0.15) is 22.8 Å². The first-order chi connectivity index (χ1) is 9.04. The fourth-order valence-corrected chi connectivity index (χ4v) is 1.82. The Kier molecular flexibility index (Phi) is 3.97. The Balaban J connectivity index is 2.31. The molecule has 0 atom stereocenters. The summed E-state index contributed by atoms with van der Waals surface area (Å²) in [4.78, 5) is 14.7. The molecular weight excluding hydrogens is 268 g/mol. The summed E-state index contributed by atoms with van der Waals surface area (Å²) < 4.78 is 5.04. The van der Waals surface area contributed by atoms with Gasteiger partial charge in [0, 0.05) is 11.1 Å². The molecule has 1 N–H and O–H groups in total. The van der Waals surface area contributed by atoms with Crippen LogP contribution in [0.5, 0.6) is 0 Å². The summed E-state index contributed by atoms with van der Waals surface area (Å²) >= 11 is 5.94. The highest BCUT2D eigenvalue weighted by molar-refractivity contribution is 6.30. The van der Waals surface area contributed by atoms with E-state index in [0.717, 1.165) is 17.2 Å². The number of halogens is 1. The third-order valence-corrected chi connectivity index (χ3v) is 2.66. The van der Waals surface area contributed by atoms with Gasteiger partial charge in [0.1, 0.15) is 0 Å². The summed E-state index contributed by atoms with van der Waals surface area (Å²) in [5.74, 6) is 0.0129. The third kappa shape index (κ3) is 3.66. The summed E-state index contributed by atoms with van der Waals surface area (Å²) in [5, 5.41) is 12.9. The monoisotopic (exact) mass is 278 g/mol. The second-order valence-electron chi connectivity index (χ2n) is 3.93. The van der Waals surface area contributed by atoms with Crippen molar-refractivity contribution in [3.8, 4) is 0 Å². The Morgan fingerprint density at radius 2 is 2.32 bits per heavy atom. The summed E-state index contributed by atoms with van der Waals surface area (Å²) in [5.41, 5.74) is 1.58. The van der Waals surface area contributed by atoms with E-state index in [4.69, 9.17) is 21.2 Å². The van der Waals surface area contributed by atoms with Crippen molar-refractivity contribution in [1.82, 2.24) is 10.1 Å². The minimum Gasteiger partial charge on any atom is -0.478 e. The molecule has 0 amide bonds. The maximum absolute atomic E-state index is 10.6. The van der Waals surface area contributed by atoms with E-state index in [9.17, 15) is 4.79 Å². The zero-order valence-corrected chi connectivity index (χ0v) is 10.9. The molecule has 19 heavy (non-hydrogen) atoms. The van der Waals surface area contributed by atoms with Crippen molar-refractivity contribution < 1.29 is 14.4 Å². The van der Waals surface area contributed by atoms with Gasteiger partial charge in [-0.3, -0.25) is 0 Å². The SMILES string of the molecule is Cc1noc(Cc2cc(Cl)ccc2C=CC(=O)O)n1. The molecule has 0 aliphatic heterocycles. The number of carboxylic acid groups (broad SMARTS) is 1. The highest BCUT2D eigenvalue weighted by atomic mass is 35.5. The second kappa shape index (κ2) is 5.67. The predicted molar refractivity (Wildman–Crippen MR) is 70.0 cm³/mol. The second-order valence-corrected chi connectivity index (χ2v) is 4.36. The zero-order valence-electron chi connectivity index (χ0n) is 10.1. The number of carboxylic acids is 1. The van der Waals surface area contributed by atoms with Gasteiger partial charge in [0.2, 0.25) is 5.89 Å². The summed E-state index contributed by atoms with van der Waals surface area (Å²) in [6, 6.07) is 5.20. The fourth-order valence-electron chi connectivity index (χ4n) is 1.63. The molecule has 2 aromatic rings. The van der Waals surface area contributed by atoms with Crippen LogP contribution < -0.4 is 0 Å². The topological polar surface area (TPSA) is 76.2 Å². The number of hydrogen-bond acceptors (Lipinski definition) is 4. The van der Waals surface area contributed by atoms with Gasteiger partial charge in [0.05, 0.1) is 6.42 Å². The van der Waals surface area contributed by atoms with Crippen LogP contribution in [0, 0.1) is 6.92 Å². The Bertz CT molecular complexity index is 635. The lowest BCUT2D eigenvalue weighted by molar-refractivity contribution is -0.131. The number of aliphatic carboxylic acids is 1. The van der Waals surface area contributed by atoms with Gasteiger partial charge in [-0.1, -0.05) is 22.8 Å². The average molecular weight is 279 g/mol. The van der Waals surface area contributed by atoms with E-state index < -0.39 is 5.97 Å². The van der Waals surface area contributed by atoms with E-state index in [1.807, 2.05) is 0 Å². The van der Waals surface area contributed by atoms with Gasteiger partial charge in [-0.15, -0.1) is 0 Å². The lowest BCUT2D eigenvalue weighted by atomic mass is 10.0. The van der Waals surface area contributed by atoms with Crippen molar-refractivity contribution in [1.29, 1.82) is 0 Å². The van der Waals surface area contributed by atoms with Crippen LogP contribution >= 0.6 is 11.6 Å². The molecule has 0 unspecified atom stereocenters. The summed E-state index contributed by atoms with van der Waals surface area (Å²) in [7, 11) is 0. The minimum atomic E-state index is -1.01. The highest BCUT2D eigenvalue weighted by Crippen LogP contribution is 2.20. The van der Waals surface area contributed by atoms with Crippen LogP contribution in [0.4, 0.5) is 0 Å². The van der Waals surface area contributed by atoms with Crippen LogP contribution in [-0.2, 0) is 11.2 Å². The number of hydrogen-bond donors (Lipinski definition) is 1. The van der Waals surface area contributed by atoms with Crippen molar-refractivity contribution in [3.63, 3.8) is 0 Å². The van der Waals surface area contributed by atoms with Crippen molar-refractivity contribution in [2.75, 3.05) is 0 Å². The maximum atomic E-state index is 10.6. The number of rotatable bonds is 4. The first-order valence-electron chi connectivity index (χ1n) is 5.53. The first kappa shape index (κ1) is 13.3. The lowest BCUT2D eigenvalue weighted by Crippen LogP contribution is -1.94. The standard InChI is InChI=1S/C13H11ClN2O3/c1-8-15-12(19-16-8)7-10-6-11(14)4-2-9(10)3-5-13(17)18/h2-6H,7H2,1H3,(H,17,18). The molecule has 1 heterocycles. The van der Waals surface area contributed by atoms with E-state index in [2.05, 4.69) is 10.1 Å². The van der Waals surface area contributed by atoms with E-state index >= 15 is 0 Å². The number of benzene rings is 1. The maximum Gasteiger partial charge on any atom is 0.328 e. The molecule has 0 fully saturated rings. The molecule has 6 heteroatoms. The van der Waals surface area contributed by atoms with Gasteiger partial charge in [-0.05, 0) is 36.3 Å². The Morgan fingerprint density at radius 1 is 1.53 bits per heavy atom. The van der Waals surface area contributed by atoms with Gasteiger partial charge >= 0.3 is 5.97 Å². The van der Waals surface area contributed by atoms with Gasteiger partial charge in [0.25, 0.3) is 0 Å². The molecule has 0 bridgehead atoms. The van der Waals surface area contributed by atoms with Crippen LogP contribution in [0.25, 0.3) is 6.08 Å². The van der Waals surface area contributed by atoms with Crippen LogP contribution in [0.15, 0.2) is 28.8 Å². The predicted octanol–water partition coefficient (Wildman–Crippen LogP) is 2.72. The molecule has 0 aliphatic rings. The zero-order chi connectivity index (χ0) is 13.8. The van der Waals surface area contributed by atoms with E-state index in [1.54, 1.807) is 25.1 Å². The molecule has 0 spiro atoms. The van der Waals surface area contributed by atoms with E-state index in [-0.39, 0.29) is 0 Å². The van der Waals surface area contributed by atoms with E-state index in [0.29, 0.717) is 23.2 Å². The number of aryl methyl sites for hydroxylation is 1. The third-order valence-electron chi connectivity index (χ3n) is 2.42. The van der Waals surface area contributed by atoms with E-state index in [1.165, 1.54) is 6.08 Å². The molecule has 0 saturated heterocycles. The number of carbonyl (C=O) groups is 1.